The number of carbonyl (C=O) groups is 1. The molecule has 0 bridgehead atoms. The van der Waals surface area contributed by atoms with Gasteiger partial charge in [0.2, 0.25) is 10.0 Å². The lowest BCUT2D eigenvalue weighted by Crippen LogP contribution is -2.53. The van der Waals surface area contributed by atoms with Crippen molar-refractivity contribution in [3.8, 4) is 5.75 Å². The predicted octanol–water partition coefficient (Wildman–Crippen LogP) is 2.99. The molecular weight excluding hydrogens is 388 g/mol. The molecule has 1 atom stereocenters. The van der Waals surface area contributed by atoms with E-state index in [2.05, 4.69) is 0 Å². The Kier molecular flexibility index (Phi) is 6.59. The van der Waals surface area contributed by atoms with Crippen LogP contribution in [0, 0.1) is 13.8 Å². The van der Waals surface area contributed by atoms with Crippen LogP contribution in [0.1, 0.15) is 24.5 Å². The van der Waals surface area contributed by atoms with Gasteiger partial charge >= 0.3 is 0 Å². The Labute approximate surface area is 173 Å². The third-order valence-electron chi connectivity index (χ3n) is 5.22. The average molecular weight is 417 g/mol. The first-order valence-corrected chi connectivity index (χ1v) is 11.3. The Bertz CT molecular complexity index is 949. The summed E-state index contributed by atoms with van der Waals surface area (Å²) in [6.07, 6.45) is -0.0222. The molecule has 1 amide bonds. The number of hydrogen-bond donors (Lipinski definition) is 0. The van der Waals surface area contributed by atoms with Crippen molar-refractivity contribution in [1.29, 1.82) is 0 Å². The van der Waals surface area contributed by atoms with Crippen LogP contribution >= 0.6 is 0 Å². The van der Waals surface area contributed by atoms with Gasteiger partial charge in [-0.25, -0.2) is 8.42 Å². The summed E-state index contributed by atoms with van der Waals surface area (Å²) in [5, 5.41) is 0. The number of amides is 1. The van der Waals surface area contributed by atoms with Crippen molar-refractivity contribution in [1.82, 2.24) is 9.21 Å². The molecule has 1 heterocycles. The van der Waals surface area contributed by atoms with Gasteiger partial charge in [0.25, 0.3) is 5.91 Å². The van der Waals surface area contributed by atoms with E-state index in [1.165, 1.54) is 4.31 Å². The van der Waals surface area contributed by atoms with Gasteiger partial charge in [-0.05, 0) is 44.0 Å². The molecule has 29 heavy (non-hydrogen) atoms. The van der Waals surface area contributed by atoms with E-state index >= 15 is 0 Å². The summed E-state index contributed by atoms with van der Waals surface area (Å²) in [6.45, 7) is 7.06. The molecule has 0 radical (unpaired) electrons. The fourth-order valence-corrected chi connectivity index (χ4v) is 4.78. The van der Waals surface area contributed by atoms with E-state index < -0.39 is 16.1 Å². The number of sulfonamides is 1. The van der Waals surface area contributed by atoms with E-state index in [1.807, 2.05) is 45.0 Å². The summed E-state index contributed by atoms with van der Waals surface area (Å²) in [5.41, 5.74) is 1.99. The van der Waals surface area contributed by atoms with Gasteiger partial charge in [-0.1, -0.05) is 42.8 Å². The van der Waals surface area contributed by atoms with Crippen molar-refractivity contribution in [2.24, 2.45) is 0 Å². The fraction of sp³-hybridized carbons (Fsp3) is 0.409. The molecule has 0 spiro atoms. The van der Waals surface area contributed by atoms with E-state index in [4.69, 9.17) is 4.74 Å². The smallest absolute Gasteiger partial charge is 0.263 e. The van der Waals surface area contributed by atoms with Gasteiger partial charge in [0.1, 0.15) is 5.75 Å². The molecule has 2 aromatic rings. The van der Waals surface area contributed by atoms with Gasteiger partial charge in [0.15, 0.2) is 6.10 Å². The van der Waals surface area contributed by atoms with E-state index in [1.54, 1.807) is 29.2 Å². The van der Waals surface area contributed by atoms with Gasteiger partial charge < -0.3 is 9.64 Å². The van der Waals surface area contributed by atoms with Crippen LogP contribution in [0.4, 0.5) is 0 Å². The largest absolute Gasteiger partial charge is 0.480 e. The number of hydrogen-bond acceptors (Lipinski definition) is 4. The minimum Gasteiger partial charge on any atom is -0.480 e. The zero-order chi connectivity index (χ0) is 21.0. The number of rotatable bonds is 6. The lowest BCUT2D eigenvalue weighted by molar-refractivity contribution is -0.140. The van der Waals surface area contributed by atoms with Gasteiger partial charge in [-0.3, -0.25) is 4.79 Å². The molecule has 1 fully saturated rings. The molecule has 0 aromatic heterocycles. The lowest BCUT2D eigenvalue weighted by Gasteiger charge is -2.35. The highest BCUT2D eigenvalue weighted by Gasteiger charge is 2.32. The summed E-state index contributed by atoms with van der Waals surface area (Å²) >= 11 is 0. The zero-order valence-corrected chi connectivity index (χ0v) is 18.0. The minimum absolute atomic E-state index is 0.0943. The Morgan fingerprint density at radius 3 is 2.21 bits per heavy atom. The second kappa shape index (κ2) is 8.97. The van der Waals surface area contributed by atoms with Gasteiger partial charge in [0, 0.05) is 26.2 Å². The Hall–Kier alpha value is -2.38. The van der Waals surface area contributed by atoms with Crippen molar-refractivity contribution in [2.45, 2.75) is 38.2 Å². The summed E-state index contributed by atoms with van der Waals surface area (Å²) in [7, 11) is -3.54. The molecule has 0 saturated carbocycles. The van der Waals surface area contributed by atoms with Crippen molar-refractivity contribution in [3.63, 3.8) is 0 Å². The van der Waals surface area contributed by atoms with Crippen LogP contribution in [0.5, 0.6) is 5.75 Å². The maximum Gasteiger partial charge on any atom is 0.263 e. The van der Waals surface area contributed by atoms with E-state index in [0.717, 1.165) is 11.1 Å². The van der Waals surface area contributed by atoms with Crippen LogP contribution in [0.15, 0.2) is 53.4 Å². The highest BCUT2D eigenvalue weighted by molar-refractivity contribution is 7.89. The molecule has 6 nitrogen and oxygen atoms in total. The van der Waals surface area contributed by atoms with Crippen LogP contribution < -0.4 is 4.74 Å². The molecule has 0 unspecified atom stereocenters. The van der Waals surface area contributed by atoms with Crippen LogP contribution in [-0.2, 0) is 14.8 Å². The third-order valence-corrected chi connectivity index (χ3v) is 7.13. The third kappa shape index (κ3) is 4.79. The number of benzene rings is 2. The van der Waals surface area contributed by atoms with Gasteiger partial charge in [-0.2, -0.15) is 4.31 Å². The molecule has 0 aliphatic carbocycles. The number of para-hydroxylation sites is 1. The summed E-state index contributed by atoms with van der Waals surface area (Å²) < 4.78 is 33.1. The number of ether oxygens (including phenoxy) is 1. The standard InChI is InChI=1S/C22H28N2O4S/c1-4-20(28-21-8-6-5-7-18(21)3)22(25)23-13-15-24(16-14-23)29(26,27)19-11-9-17(2)10-12-19/h5-12,20H,4,13-16H2,1-3H3/t20-/m1/s1. The normalized spacial score (nSPS) is 16.4. The van der Waals surface area contributed by atoms with Gasteiger partial charge in [-0.15, -0.1) is 0 Å². The monoisotopic (exact) mass is 416 g/mol. The molecule has 7 heteroatoms. The summed E-state index contributed by atoms with van der Waals surface area (Å²) in [5.74, 6) is 0.608. The molecule has 3 rings (SSSR count). The number of carbonyl (C=O) groups excluding carboxylic acids is 1. The first kappa shape index (κ1) is 21.3. The zero-order valence-electron chi connectivity index (χ0n) is 17.2. The lowest BCUT2D eigenvalue weighted by atomic mass is 10.2. The second-order valence-corrected chi connectivity index (χ2v) is 9.26. The van der Waals surface area contributed by atoms with Crippen molar-refractivity contribution in [3.05, 3.63) is 59.7 Å². The molecule has 1 aliphatic heterocycles. The Morgan fingerprint density at radius 1 is 1.00 bits per heavy atom. The van der Waals surface area contributed by atoms with Crippen LogP contribution in [0.25, 0.3) is 0 Å². The highest BCUT2D eigenvalue weighted by atomic mass is 32.2. The maximum atomic E-state index is 12.9. The quantitative estimate of drug-likeness (QED) is 0.726. The van der Waals surface area contributed by atoms with Crippen LogP contribution in [0.3, 0.4) is 0 Å². The molecule has 1 aliphatic rings. The summed E-state index contributed by atoms with van der Waals surface area (Å²) in [6, 6.07) is 14.5. The average Bonchev–Trinajstić information content (AvgIpc) is 2.73. The number of aryl methyl sites for hydroxylation is 2. The molecule has 1 saturated heterocycles. The minimum atomic E-state index is -3.54. The second-order valence-electron chi connectivity index (χ2n) is 7.32. The van der Waals surface area contributed by atoms with E-state index in [0.29, 0.717) is 25.3 Å². The van der Waals surface area contributed by atoms with Crippen molar-refractivity contribution in [2.75, 3.05) is 26.2 Å². The van der Waals surface area contributed by atoms with Gasteiger partial charge in [0.05, 0.1) is 4.90 Å². The predicted molar refractivity (Wildman–Crippen MR) is 112 cm³/mol. The molecule has 156 valence electrons. The Balaban J connectivity index is 1.64. The molecular formula is C22H28N2O4S. The van der Waals surface area contributed by atoms with Crippen molar-refractivity contribution < 1.29 is 17.9 Å². The van der Waals surface area contributed by atoms with Crippen molar-refractivity contribution >= 4 is 15.9 Å². The van der Waals surface area contributed by atoms with E-state index in [9.17, 15) is 13.2 Å². The first-order valence-electron chi connectivity index (χ1n) is 9.91. The maximum absolute atomic E-state index is 12.9. The molecule has 2 aromatic carbocycles. The van der Waals surface area contributed by atoms with E-state index in [-0.39, 0.29) is 23.9 Å². The van der Waals surface area contributed by atoms with Crippen LogP contribution in [-0.4, -0.2) is 55.8 Å². The molecule has 0 N–H and O–H groups in total. The number of nitrogens with zero attached hydrogens (tertiary/aromatic N) is 2. The first-order chi connectivity index (χ1) is 13.8. The topological polar surface area (TPSA) is 66.9 Å². The number of piperazine rings is 1. The fourth-order valence-electron chi connectivity index (χ4n) is 3.36. The Morgan fingerprint density at radius 2 is 1.62 bits per heavy atom. The highest BCUT2D eigenvalue weighted by Crippen LogP contribution is 2.22. The SMILES string of the molecule is CC[C@@H](Oc1ccccc1C)C(=O)N1CCN(S(=O)(=O)c2ccc(C)cc2)CC1. The summed E-state index contributed by atoms with van der Waals surface area (Å²) in [4.78, 5) is 14.9. The van der Waals surface area contributed by atoms with Crippen LogP contribution in [0.2, 0.25) is 0 Å².